The van der Waals surface area contributed by atoms with E-state index in [-0.39, 0.29) is 31.0 Å². The summed E-state index contributed by atoms with van der Waals surface area (Å²) in [5.74, 6) is 0.700. The molecule has 3 aliphatic carbocycles. The number of hydrogen-bond acceptors (Lipinski definition) is 7. The number of rotatable bonds is 13. The molecule has 4 N–H and O–H groups in total. The van der Waals surface area contributed by atoms with E-state index in [0.29, 0.717) is 35.3 Å². The topological polar surface area (TPSA) is 114 Å². The van der Waals surface area contributed by atoms with E-state index in [1.165, 1.54) is 6.42 Å². The molecular formula is C37H54N4O5. The van der Waals surface area contributed by atoms with E-state index >= 15 is 0 Å². The van der Waals surface area contributed by atoms with Gasteiger partial charge in [-0.15, -0.1) is 0 Å². The molecule has 0 spiro atoms. The van der Waals surface area contributed by atoms with Crippen molar-refractivity contribution < 1.29 is 24.6 Å². The fraction of sp³-hybridized carbons (Fsp3) is 0.622. The SMILES string of the molecule is C[C@H](O)[C@@H]1[C@H](CO)ON(Cc2cccc(-c3ccccc3C(=O)NCCCCN(C)C)c2)[C@@H]1C(=O)N[C@H]1C[C@@H]2CC([C@@H]1C)C2(C)C. The first-order valence-corrected chi connectivity index (χ1v) is 17.1. The first-order valence-electron chi connectivity index (χ1n) is 17.1. The summed E-state index contributed by atoms with van der Waals surface area (Å²) in [7, 11) is 4.09. The molecule has 6 rings (SSSR count). The zero-order valence-electron chi connectivity index (χ0n) is 28.4. The number of benzene rings is 2. The maximum Gasteiger partial charge on any atom is 0.251 e. The molecule has 2 bridgehead atoms. The molecule has 46 heavy (non-hydrogen) atoms. The lowest BCUT2D eigenvalue weighted by molar-refractivity contribution is -0.183. The van der Waals surface area contributed by atoms with Crippen molar-refractivity contribution in [1.29, 1.82) is 0 Å². The number of amides is 2. The Hall–Kier alpha value is -2.82. The predicted molar refractivity (Wildman–Crippen MR) is 180 cm³/mol. The van der Waals surface area contributed by atoms with Gasteiger partial charge in [0.05, 0.1) is 19.3 Å². The third-order valence-electron chi connectivity index (χ3n) is 11.1. The highest BCUT2D eigenvalue weighted by Crippen LogP contribution is 2.61. The summed E-state index contributed by atoms with van der Waals surface area (Å²) in [6.45, 7) is 10.2. The van der Waals surface area contributed by atoms with Crippen LogP contribution in [-0.4, -0.2) is 90.1 Å². The molecule has 1 saturated heterocycles. The van der Waals surface area contributed by atoms with Crippen LogP contribution in [0.1, 0.15) is 69.3 Å². The summed E-state index contributed by atoms with van der Waals surface area (Å²) < 4.78 is 0. The molecule has 4 fully saturated rings. The van der Waals surface area contributed by atoms with E-state index < -0.39 is 24.2 Å². The van der Waals surface area contributed by atoms with Crippen molar-refractivity contribution in [3.8, 4) is 11.1 Å². The van der Waals surface area contributed by atoms with Crippen LogP contribution in [0.25, 0.3) is 11.1 Å². The van der Waals surface area contributed by atoms with Gasteiger partial charge in [0.25, 0.3) is 5.91 Å². The van der Waals surface area contributed by atoms with Gasteiger partial charge in [0.1, 0.15) is 12.1 Å². The second-order valence-electron chi connectivity index (χ2n) is 14.7. The van der Waals surface area contributed by atoms with Gasteiger partial charge in [0, 0.05) is 24.1 Å². The number of carbonyl (C=O) groups excluding carboxylic acids is 2. The van der Waals surface area contributed by atoms with E-state index in [2.05, 4.69) is 36.3 Å². The van der Waals surface area contributed by atoms with E-state index in [0.717, 1.165) is 42.5 Å². The van der Waals surface area contributed by atoms with E-state index in [1.54, 1.807) is 12.0 Å². The van der Waals surface area contributed by atoms with Crippen molar-refractivity contribution in [2.75, 3.05) is 33.8 Å². The fourth-order valence-electron chi connectivity index (χ4n) is 8.28. The predicted octanol–water partition coefficient (Wildman–Crippen LogP) is 4.09. The van der Waals surface area contributed by atoms with Crippen LogP contribution in [0.2, 0.25) is 0 Å². The maximum absolute atomic E-state index is 14.0. The van der Waals surface area contributed by atoms with Crippen molar-refractivity contribution in [3.63, 3.8) is 0 Å². The van der Waals surface area contributed by atoms with Gasteiger partial charge in [-0.05, 0) is 105 Å². The molecule has 3 saturated carbocycles. The number of carbonyl (C=O) groups is 2. The van der Waals surface area contributed by atoms with E-state index in [9.17, 15) is 19.8 Å². The Morgan fingerprint density at radius 2 is 1.87 bits per heavy atom. The molecule has 2 aromatic rings. The van der Waals surface area contributed by atoms with Crippen LogP contribution in [0.5, 0.6) is 0 Å². The van der Waals surface area contributed by atoms with Crippen LogP contribution >= 0.6 is 0 Å². The summed E-state index contributed by atoms with van der Waals surface area (Å²) in [5.41, 5.74) is 3.53. The van der Waals surface area contributed by atoms with Gasteiger partial charge < -0.3 is 25.7 Å². The standard InChI is InChI=1S/C37H54N4O5/c1-23-30-19-27(37(30,3)4)20-31(23)39-36(45)34-33(24(2)43)32(22-42)46-41(34)21-25-12-11-13-26(18-25)28-14-7-8-15-29(28)35(44)38-16-9-10-17-40(5)6/h7-8,11-15,18,23-24,27,30-34,42-43H,9-10,16-17,19-22H2,1-6H3,(H,38,44)(H,39,45)/t23-,24-,27-,30?,31-,32-,33+,34-/m0/s1. The van der Waals surface area contributed by atoms with Crippen LogP contribution in [0.3, 0.4) is 0 Å². The molecule has 1 aliphatic heterocycles. The normalized spacial score (nSPS) is 29.3. The number of nitrogens with zero attached hydrogens (tertiary/aromatic N) is 2. The monoisotopic (exact) mass is 634 g/mol. The van der Waals surface area contributed by atoms with Crippen molar-refractivity contribution >= 4 is 11.8 Å². The minimum absolute atomic E-state index is 0.0768. The van der Waals surface area contributed by atoms with Gasteiger partial charge in [-0.25, -0.2) is 0 Å². The third-order valence-corrected chi connectivity index (χ3v) is 11.1. The molecular weight excluding hydrogens is 580 g/mol. The van der Waals surface area contributed by atoms with Crippen molar-refractivity contribution in [2.24, 2.45) is 29.1 Å². The number of hydroxylamine groups is 2. The smallest absolute Gasteiger partial charge is 0.251 e. The molecule has 0 aromatic heterocycles. The summed E-state index contributed by atoms with van der Waals surface area (Å²) >= 11 is 0. The molecule has 1 heterocycles. The fourth-order valence-corrected chi connectivity index (χ4v) is 8.28. The summed E-state index contributed by atoms with van der Waals surface area (Å²) in [6.07, 6.45) is 2.55. The highest BCUT2D eigenvalue weighted by Gasteiger charge is 2.57. The van der Waals surface area contributed by atoms with Gasteiger partial charge in [-0.1, -0.05) is 57.2 Å². The Labute approximate surface area is 274 Å². The Kier molecular flexibility index (Phi) is 10.9. The zero-order valence-corrected chi connectivity index (χ0v) is 28.4. The molecule has 2 aromatic carbocycles. The minimum Gasteiger partial charge on any atom is -0.394 e. The molecule has 4 aliphatic rings. The molecule has 1 unspecified atom stereocenters. The van der Waals surface area contributed by atoms with Gasteiger partial charge in [0.15, 0.2) is 0 Å². The zero-order chi connectivity index (χ0) is 33.2. The quantitative estimate of drug-likeness (QED) is 0.246. The van der Waals surface area contributed by atoms with Crippen LogP contribution in [0.4, 0.5) is 0 Å². The van der Waals surface area contributed by atoms with Crippen LogP contribution in [0, 0.1) is 29.1 Å². The number of fused-ring (bicyclic) bond motifs is 2. The lowest BCUT2D eigenvalue weighted by Gasteiger charge is -2.62. The minimum atomic E-state index is -0.853. The van der Waals surface area contributed by atoms with Gasteiger partial charge >= 0.3 is 0 Å². The average molecular weight is 635 g/mol. The molecule has 9 heteroatoms. The summed E-state index contributed by atoms with van der Waals surface area (Å²) in [6, 6.07) is 14.8. The third kappa shape index (κ3) is 7.19. The largest absolute Gasteiger partial charge is 0.394 e. The molecule has 0 radical (unpaired) electrons. The number of aliphatic hydroxyl groups is 2. The Morgan fingerprint density at radius 1 is 1.11 bits per heavy atom. The molecule has 2 amide bonds. The Bertz CT molecular complexity index is 1360. The van der Waals surface area contributed by atoms with Crippen molar-refractivity contribution in [3.05, 3.63) is 59.7 Å². The van der Waals surface area contributed by atoms with E-state index in [4.69, 9.17) is 4.84 Å². The highest BCUT2D eigenvalue weighted by atomic mass is 16.7. The summed E-state index contributed by atoms with van der Waals surface area (Å²) in [5, 5.41) is 29.0. The number of unbranched alkanes of at least 4 members (excludes halogenated alkanes) is 1. The van der Waals surface area contributed by atoms with Crippen LogP contribution in [0.15, 0.2) is 48.5 Å². The first kappa shape index (κ1) is 34.5. The summed E-state index contributed by atoms with van der Waals surface area (Å²) in [4.78, 5) is 35.5. The number of hydrogen-bond donors (Lipinski definition) is 4. The average Bonchev–Trinajstić information content (AvgIpc) is 3.40. The van der Waals surface area contributed by atoms with Crippen molar-refractivity contribution in [2.45, 2.75) is 84.2 Å². The van der Waals surface area contributed by atoms with Crippen LogP contribution in [-0.2, 0) is 16.2 Å². The van der Waals surface area contributed by atoms with Crippen LogP contribution < -0.4 is 10.6 Å². The second kappa shape index (κ2) is 14.5. The molecule has 8 atom stereocenters. The van der Waals surface area contributed by atoms with Gasteiger partial charge in [-0.3, -0.25) is 14.4 Å². The maximum atomic E-state index is 14.0. The first-order chi connectivity index (χ1) is 21.9. The van der Waals surface area contributed by atoms with Crippen molar-refractivity contribution in [1.82, 2.24) is 20.6 Å². The highest BCUT2D eigenvalue weighted by molar-refractivity contribution is 6.00. The lowest BCUT2D eigenvalue weighted by Crippen LogP contribution is -2.62. The lowest BCUT2D eigenvalue weighted by atomic mass is 9.45. The Balaban J connectivity index is 1.32. The molecule has 252 valence electrons. The number of aliphatic hydroxyl groups excluding tert-OH is 2. The van der Waals surface area contributed by atoms with Gasteiger partial charge in [0.2, 0.25) is 5.91 Å². The Morgan fingerprint density at radius 3 is 2.54 bits per heavy atom. The van der Waals surface area contributed by atoms with E-state index in [1.807, 2.05) is 62.6 Å². The second-order valence-corrected chi connectivity index (χ2v) is 14.7. The number of nitrogens with one attached hydrogen (secondary N) is 2. The van der Waals surface area contributed by atoms with Gasteiger partial charge in [-0.2, -0.15) is 5.06 Å². The molecule has 9 nitrogen and oxygen atoms in total.